The molecule has 3 rings (SSSR count). The molecule has 7 nitrogen and oxygen atoms in total. The molecule has 2 aliphatic rings. The largest absolute Gasteiger partial charge is 0.463 e. The van der Waals surface area contributed by atoms with Crippen molar-refractivity contribution >= 4 is 23.1 Å². The lowest BCUT2D eigenvalue weighted by Gasteiger charge is -2.26. The SMILES string of the molecule is CCOC(=O)C1=C2CC(N)CN2C(c2nncs2)=NC1. The van der Waals surface area contributed by atoms with Crippen molar-refractivity contribution in [1.82, 2.24) is 15.1 Å². The van der Waals surface area contributed by atoms with Crippen molar-refractivity contribution in [2.45, 2.75) is 19.4 Å². The lowest BCUT2D eigenvalue weighted by atomic mass is 10.1. The molecular weight excluding hydrogens is 278 g/mol. The summed E-state index contributed by atoms with van der Waals surface area (Å²) >= 11 is 1.43. The fourth-order valence-electron chi connectivity index (χ4n) is 2.45. The first kappa shape index (κ1) is 13.2. The van der Waals surface area contributed by atoms with E-state index in [1.807, 2.05) is 4.90 Å². The predicted molar refractivity (Wildman–Crippen MR) is 74.3 cm³/mol. The van der Waals surface area contributed by atoms with Crippen LogP contribution in [0.25, 0.3) is 0 Å². The fourth-order valence-corrected chi connectivity index (χ4v) is 3.02. The third-order valence-electron chi connectivity index (χ3n) is 3.26. The minimum atomic E-state index is -0.304. The number of hydrogen-bond acceptors (Lipinski definition) is 8. The highest BCUT2D eigenvalue weighted by Crippen LogP contribution is 2.30. The van der Waals surface area contributed by atoms with Crippen LogP contribution in [-0.4, -0.2) is 52.6 Å². The molecule has 0 aromatic carbocycles. The molecule has 1 fully saturated rings. The second kappa shape index (κ2) is 5.29. The number of esters is 1. The van der Waals surface area contributed by atoms with Gasteiger partial charge in [-0.05, 0) is 6.92 Å². The van der Waals surface area contributed by atoms with Gasteiger partial charge in [0.2, 0.25) is 0 Å². The van der Waals surface area contributed by atoms with Gasteiger partial charge >= 0.3 is 5.97 Å². The third kappa shape index (κ3) is 2.20. The number of nitrogens with zero attached hydrogens (tertiary/aromatic N) is 4. The van der Waals surface area contributed by atoms with Crippen molar-refractivity contribution in [3.05, 3.63) is 21.8 Å². The van der Waals surface area contributed by atoms with Crippen LogP contribution < -0.4 is 5.73 Å². The molecule has 1 unspecified atom stereocenters. The molecule has 0 radical (unpaired) electrons. The van der Waals surface area contributed by atoms with Gasteiger partial charge in [-0.15, -0.1) is 10.2 Å². The van der Waals surface area contributed by atoms with Crippen LogP contribution >= 0.6 is 11.3 Å². The summed E-state index contributed by atoms with van der Waals surface area (Å²) in [5, 5.41) is 8.63. The molecule has 1 aromatic rings. The quantitative estimate of drug-likeness (QED) is 0.797. The Labute approximate surface area is 120 Å². The van der Waals surface area contributed by atoms with Gasteiger partial charge in [0.1, 0.15) is 5.51 Å². The average molecular weight is 293 g/mol. The van der Waals surface area contributed by atoms with Gasteiger partial charge in [0.25, 0.3) is 0 Å². The van der Waals surface area contributed by atoms with E-state index >= 15 is 0 Å². The van der Waals surface area contributed by atoms with E-state index < -0.39 is 0 Å². The van der Waals surface area contributed by atoms with Crippen molar-refractivity contribution in [3.8, 4) is 0 Å². The van der Waals surface area contributed by atoms with Gasteiger partial charge in [-0.25, -0.2) is 4.79 Å². The number of ether oxygens (including phenoxy) is 1. The van der Waals surface area contributed by atoms with Crippen LogP contribution in [0.15, 0.2) is 21.8 Å². The average Bonchev–Trinajstić information content (AvgIpc) is 3.05. The number of aromatic nitrogens is 2. The zero-order valence-corrected chi connectivity index (χ0v) is 11.9. The van der Waals surface area contributed by atoms with Crippen LogP contribution in [-0.2, 0) is 9.53 Å². The topological polar surface area (TPSA) is 93.7 Å². The van der Waals surface area contributed by atoms with E-state index in [0.29, 0.717) is 31.7 Å². The molecule has 1 aromatic heterocycles. The number of nitrogens with two attached hydrogens (primary N) is 1. The molecule has 0 amide bonds. The van der Waals surface area contributed by atoms with E-state index in [9.17, 15) is 4.79 Å². The maximum absolute atomic E-state index is 12.0. The fraction of sp³-hybridized carbons (Fsp3) is 0.500. The Hall–Kier alpha value is -1.80. The summed E-state index contributed by atoms with van der Waals surface area (Å²) in [5.41, 5.74) is 9.21. The molecule has 1 atom stereocenters. The van der Waals surface area contributed by atoms with Crippen molar-refractivity contribution < 1.29 is 9.53 Å². The Kier molecular flexibility index (Phi) is 3.49. The summed E-state index contributed by atoms with van der Waals surface area (Å²) in [6.07, 6.45) is 0.659. The molecule has 0 bridgehead atoms. The first-order valence-electron chi connectivity index (χ1n) is 6.44. The molecule has 0 aliphatic carbocycles. The van der Waals surface area contributed by atoms with Gasteiger partial charge in [-0.2, -0.15) is 0 Å². The smallest absolute Gasteiger partial charge is 0.337 e. The molecule has 8 heteroatoms. The van der Waals surface area contributed by atoms with Crippen molar-refractivity contribution in [3.63, 3.8) is 0 Å². The number of aliphatic imine (C=N–C) groups is 1. The summed E-state index contributed by atoms with van der Waals surface area (Å²) in [6, 6.07) is -0.00866. The maximum atomic E-state index is 12.0. The highest BCUT2D eigenvalue weighted by molar-refractivity contribution is 7.11. The van der Waals surface area contributed by atoms with E-state index in [1.165, 1.54) is 11.3 Å². The van der Waals surface area contributed by atoms with Crippen LogP contribution in [0.2, 0.25) is 0 Å². The highest BCUT2D eigenvalue weighted by atomic mass is 32.1. The molecular formula is C12H15N5O2S. The maximum Gasteiger partial charge on any atom is 0.337 e. The summed E-state index contributed by atoms with van der Waals surface area (Å²) in [6.45, 7) is 3.09. The number of carbonyl (C=O) groups is 1. The summed E-state index contributed by atoms with van der Waals surface area (Å²) in [4.78, 5) is 18.4. The molecule has 1 saturated heterocycles. The summed E-state index contributed by atoms with van der Waals surface area (Å²) in [7, 11) is 0. The molecule has 2 aliphatic heterocycles. The number of amidine groups is 1. The normalized spacial score (nSPS) is 21.8. The number of hydrogen-bond donors (Lipinski definition) is 1. The lowest BCUT2D eigenvalue weighted by Crippen LogP contribution is -2.35. The molecule has 20 heavy (non-hydrogen) atoms. The second-order valence-corrected chi connectivity index (χ2v) is 5.44. The Morgan fingerprint density at radius 2 is 2.50 bits per heavy atom. The van der Waals surface area contributed by atoms with Crippen molar-refractivity contribution in [1.29, 1.82) is 0 Å². The van der Waals surface area contributed by atoms with Crippen LogP contribution in [0, 0.1) is 0 Å². The van der Waals surface area contributed by atoms with Crippen LogP contribution in [0.1, 0.15) is 18.4 Å². The Morgan fingerprint density at radius 1 is 1.65 bits per heavy atom. The van der Waals surface area contributed by atoms with Gasteiger partial charge < -0.3 is 15.4 Å². The first-order valence-corrected chi connectivity index (χ1v) is 7.32. The summed E-state index contributed by atoms with van der Waals surface area (Å²) in [5.74, 6) is 0.449. The number of fused-ring (bicyclic) bond motifs is 1. The molecule has 0 saturated carbocycles. The first-order chi connectivity index (χ1) is 9.70. The van der Waals surface area contributed by atoms with Crippen molar-refractivity contribution in [2.75, 3.05) is 19.7 Å². The van der Waals surface area contributed by atoms with E-state index in [0.717, 1.165) is 16.5 Å². The Bertz CT molecular complexity index is 581. The summed E-state index contributed by atoms with van der Waals surface area (Å²) < 4.78 is 5.09. The van der Waals surface area contributed by atoms with E-state index in [1.54, 1.807) is 12.4 Å². The molecule has 106 valence electrons. The zero-order valence-electron chi connectivity index (χ0n) is 11.1. The van der Waals surface area contributed by atoms with Gasteiger partial charge in [-0.1, -0.05) is 11.3 Å². The van der Waals surface area contributed by atoms with Crippen LogP contribution in [0.3, 0.4) is 0 Å². The van der Waals surface area contributed by atoms with Gasteiger partial charge in [0, 0.05) is 24.7 Å². The molecule has 0 spiro atoms. The standard InChI is InChI=1S/C12H15N5O2S/c1-2-19-12(18)8-4-14-10(11-16-15-6-20-11)17-5-7(13)3-9(8)17/h6-7H,2-5,13H2,1H3. The Balaban J connectivity index is 1.94. The van der Waals surface area contributed by atoms with Gasteiger partial charge in [-0.3, -0.25) is 4.99 Å². The monoisotopic (exact) mass is 293 g/mol. The van der Waals surface area contributed by atoms with Gasteiger partial charge in [0.15, 0.2) is 10.8 Å². The van der Waals surface area contributed by atoms with Crippen molar-refractivity contribution in [2.24, 2.45) is 10.7 Å². The second-order valence-electron chi connectivity index (χ2n) is 4.60. The Morgan fingerprint density at radius 3 is 3.20 bits per heavy atom. The minimum Gasteiger partial charge on any atom is -0.463 e. The lowest BCUT2D eigenvalue weighted by molar-refractivity contribution is -0.138. The van der Waals surface area contributed by atoms with E-state index in [4.69, 9.17) is 10.5 Å². The number of rotatable bonds is 3. The minimum absolute atomic E-state index is 0.00866. The van der Waals surface area contributed by atoms with Crippen LogP contribution in [0.4, 0.5) is 0 Å². The van der Waals surface area contributed by atoms with E-state index in [2.05, 4.69) is 15.2 Å². The number of carbonyl (C=O) groups excluding carboxylic acids is 1. The predicted octanol–water partition coefficient (Wildman–Crippen LogP) is 0.148. The zero-order chi connectivity index (χ0) is 14.1. The third-order valence-corrected chi connectivity index (χ3v) is 3.95. The van der Waals surface area contributed by atoms with Gasteiger partial charge in [0.05, 0.1) is 18.7 Å². The highest BCUT2D eigenvalue weighted by Gasteiger charge is 2.36. The van der Waals surface area contributed by atoms with E-state index in [-0.39, 0.29) is 12.0 Å². The molecule has 2 N–H and O–H groups in total. The molecule has 3 heterocycles. The van der Waals surface area contributed by atoms with Crippen LogP contribution in [0.5, 0.6) is 0 Å².